The first kappa shape index (κ1) is 14.7. The monoisotopic (exact) mass is 274 g/mol. The molecule has 1 aromatic rings. The zero-order valence-corrected chi connectivity index (χ0v) is 11.6. The molecule has 20 heavy (non-hydrogen) atoms. The second kappa shape index (κ2) is 7.20. The highest BCUT2D eigenvalue weighted by Crippen LogP contribution is 2.22. The van der Waals surface area contributed by atoms with Gasteiger partial charge in [-0.25, -0.2) is 5.11 Å². The third-order valence-electron chi connectivity index (χ3n) is 3.65. The van der Waals surface area contributed by atoms with Gasteiger partial charge in [-0.15, -0.1) is 0 Å². The number of carbonyl (C=O) groups is 2. The lowest BCUT2D eigenvalue weighted by molar-refractivity contribution is 0.0651. The van der Waals surface area contributed by atoms with Crippen molar-refractivity contribution in [2.24, 2.45) is 0 Å². The fourth-order valence-electron chi connectivity index (χ4n) is 2.52. The maximum atomic E-state index is 12.1. The first-order valence-corrected chi connectivity index (χ1v) is 7.29. The van der Waals surface area contributed by atoms with E-state index in [0.717, 1.165) is 38.5 Å². The minimum absolute atomic E-state index is 0.00897. The van der Waals surface area contributed by atoms with Gasteiger partial charge in [0.15, 0.2) is 0 Å². The fourth-order valence-corrected chi connectivity index (χ4v) is 2.52. The van der Waals surface area contributed by atoms with E-state index in [1.807, 2.05) is 0 Å². The molecule has 0 fully saturated rings. The van der Waals surface area contributed by atoms with Crippen molar-refractivity contribution in [1.29, 1.82) is 0 Å². The zero-order chi connectivity index (χ0) is 14.4. The van der Waals surface area contributed by atoms with E-state index in [0.29, 0.717) is 17.7 Å². The van der Waals surface area contributed by atoms with E-state index in [-0.39, 0.29) is 18.4 Å². The minimum atomic E-state index is -0.169. The minimum Gasteiger partial charge on any atom is -0.274 e. The number of amides is 2. The molecule has 0 atom stereocenters. The lowest BCUT2D eigenvalue weighted by Gasteiger charge is -2.13. The van der Waals surface area contributed by atoms with E-state index in [9.17, 15) is 14.7 Å². The molecule has 0 saturated heterocycles. The van der Waals surface area contributed by atoms with Crippen molar-refractivity contribution in [2.45, 2.75) is 38.5 Å². The maximum absolute atomic E-state index is 12.1. The van der Waals surface area contributed by atoms with E-state index in [1.54, 1.807) is 24.3 Å². The number of hydrogen-bond acceptors (Lipinski definition) is 2. The van der Waals surface area contributed by atoms with E-state index >= 15 is 0 Å². The summed E-state index contributed by atoms with van der Waals surface area (Å²) < 4.78 is 0. The number of nitrogens with zero attached hydrogens (tertiary/aromatic N) is 1. The molecule has 2 amide bonds. The molecular weight excluding hydrogens is 254 g/mol. The molecule has 0 aromatic heterocycles. The number of imide groups is 1. The molecule has 0 spiro atoms. The average Bonchev–Trinajstić information content (AvgIpc) is 2.71. The third-order valence-corrected chi connectivity index (χ3v) is 3.65. The largest absolute Gasteiger partial charge is 0.274 e. The number of fused-ring (bicyclic) bond motifs is 1. The Morgan fingerprint density at radius 1 is 0.750 bits per heavy atom. The molecule has 2 rings (SSSR count). The molecule has 0 N–H and O–H groups in total. The Balaban J connectivity index is 1.75. The number of carbonyl (C=O) groups excluding carboxylic acids is 2. The van der Waals surface area contributed by atoms with Crippen molar-refractivity contribution in [1.82, 2.24) is 4.90 Å². The summed E-state index contributed by atoms with van der Waals surface area (Å²) in [5, 5.41) is 10.3. The third kappa shape index (κ3) is 3.25. The Bertz CT molecular complexity index is 449. The molecule has 1 radical (unpaired) electrons. The van der Waals surface area contributed by atoms with Gasteiger partial charge in [-0.2, -0.15) is 0 Å². The van der Waals surface area contributed by atoms with Gasteiger partial charge in [-0.3, -0.25) is 14.5 Å². The molecule has 1 heterocycles. The first-order valence-electron chi connectivity index (χ1n) is 7.29. The van der Waals surface area contributed by atoms with Crippen molar-refractivity contribution in [2.75, 3.05) is 13.2 Å². The van der Waals surface area contributed by atoms with Crippen LogP contribution in [0.2, 0.25) is 0 Å². The highest BCUT2D eigenvalue weighted by molar-refractivity contribution is 6.21. The highest BCUT2D eigenvalue weighted by Gasteiger charge is 2.34. The van der Waals surface area contributed by atoms with Gasteiger partial charge in [0, 0.05) is 6.54 Å². The van der Waals surface area contributed by atoms with Crippen LogP contribution >= 0.6 is 0 Å². The van der Waals surface area contributed by atoms with E-state index in [2.05, 4.69) is 0 Å². The molecule has 0 aliphatic carbocycles. The number of benzene rings is 1. The molecule has 4 nitrogen and oxygen atoms in total. The Morgan fingerprint density at radius 2 is 1.25 bits per heavy atom. The van der Waals surface area contributed by atoms with Gasteiger partial charge in [0.25, 0.3) is 11.8 Å². The van der Waals surface area contributed by atoms with Gasteiger partial charge in [-0.1, -0.05) is 37.8 Å². The van der Waals surface area contributed by atoms with Crippen molar-refractivity contribution in [3.05, 3.63) is 35.4 Å². The second-order valence-electron chi connectivity index (χ2n) is 5.13. The first-order chi connectivity index (χ1) is 9.75. The molecule has 0 saturated carbocycles. The average molecular weight is 274 g/mol. The van der Waals surface area contributed by atoms with Crippen LogP contribution in [0, 0.1) is 0 Å². The van der Waals surface area contributed by atoms with E-state index < -0.39 is 0 Å². The summed E-state index contributed by atoms with van der Waals surface area (Å²) in [6, 6.07) is 6.98. The quantitative estimate of drug-likeness (QED) is 0.540. The van der Waals surface area contributed by atoms with Crippen molar-refractivity contribution in [3.8, 4) is 0 Å². The van der Waals surface area contributed by atoms with Crippen LogP contribution in [0.3, 0.4) is 0 Å². The molecule has 1 aliphatic heterocycles. The van der Waals surface area contributed by atoms with Crippen molar-refractivity contribution >= 4 is 11.8 Å². The van der Waals surface area contributed by atoms with Gasteiger partial charge < -0.3 is 0 Å². The Kier molecular flexibility index (Phi) is 5.30. The van der Waals surface area contributed by atoms with E-state index in [1.165, 1.54) is 4.90 Å². The van der Waals surface area contributed by atoms with E-state index in [4.69, 9.17) is 0 Å². The van der Waals surface area contributed by atoms with Crippen LogP contribution < -0.4 is 0 Å². The second-order valence-corrected chi connectivity index (χ2v) is 5.13. The van der Waals surface area contributed by atoms with Crippen LogP contribution in [0.25, 0.3) is 0 Å². The van der Waals surface area contributed by atoms with Gasteiger partial charge >= 0.3 is 0 Å². The van der Waals surface area contributed by atoms with Crippen molar-refractivity contribution < 1.29 is 14.7 Å². The zero-order valence-electron chi connectivity index (χ0n) is 11.6. The fraction of sp³-hybridized carbons (Fsp3) is 0.500. The van der Waals surface area contributed by atoms with Gasteiger partial charge in [-0.05, 0) is 25.0 Å². The maximum Gasteiger partial charge on any atom is 0.261 e. The standard InChI is InChI=1S/C16H20NO3/c18-12-8-4-2-1-3-7-11-17-15(19)13-9-5-6-10-14(13)16(17)20/h5-6,9-10H,1-4,7-8,11-12H2. The number of rotatable bonds is 8. The lowest BCUT2D eigenvalue weighted by atomic mass is 10.1. The van der Waals surface area contributed by atoms with Crippen LogP contribution in [0.1, 0.15) is 59.2 Å². The van der Waals surface area contributed by atoms with Crippen LogP contribution in [-0.4, -0.2) is 29.9 Å². The lowest BCUT2D eigenvalue weighted by Crippen LogP contribution is -2.30. The smallest absolute Gasteiger partial charge is 0.261 e. The summed E-state index contributed by atoms with van der Waals surface area (Å²) in [4.78, 5) is 25.5. The van der Waals surface area contributed by atoms with Gasteiger partial charge in [0.2, 0.25) is 0 Å². The predicted octanol–water partition coefficient (Wildman–Crippen LogP) is 3.05. The van der Waals surface area contributed by atoms with Gasteiger partial charge in [0.05, 0.1) is 17.7 Å². The Hall–Kier alpha value is -1.68. The number of hydrogen-bond donors (Lipinski definition) is 0. The van der Waals surface area contributed by atoms with Crippen LogP contribution in [0.15, 0.2) is 24.3 Å². The SMILES string of the molecule is [O]CCCCCCCCN1C(=O)c2ccccc2C1=O. The molecule has 0 unspecified atom stereocenters. The summed E-state index contributed by atoms with van der Waals surface area (Å²) in [6.07, 6.45) is 5.68. The number of unbranched alkanes of at least 4 members (excludes halogenated alkanes) is 5. The Labute approximate surface area is 119 Å². The summed E-state index contributed by atoms with van der Waals surface area (Å²) >= 11 is 0. The molecule has 0 bridgehead atoms. The topological polar surface area (TPSA) is 57.3 Å². The molecule has 1 aliphatic rings. The summed E-state index contributed by atoms with van der Waals surface area (Å²) in [5.74, 6) is -0.339. The van der Waals surface area contributed by atoms with Gasteiger partial charge in [0.1, 0.15) is 0 Å². The van der Waals surface area contributed by atoms with Crippen molar-refractivity contribution in [3.63, 3.8) is 0 Å². The Morgan fingerprint density at radius 3 is 1.80 bits per heavy atom. The predicted molar refractivity (Wildman–Crippen MR) is 75.1 cm³/mol. The molecule has 107 valence electrons. The molecular formula is C16H20NO3. The van der Waals surface area contributed by atoms with Crippen LogP contribution in [0.5, 0.6) is 0 Å². The summed E-state index contributed by atoms with van der Waals surface area (Å²) in [7, 11) is 0. The van der Waals surface area contributed by atoms with Crippen LogP contribution in [-0.2, 0) is 5.11 Å². The van der Waals surface area contributed by atoms with Crippen LogP contribution in [0.4, 0.5) is 0 Å². The molecule has 1 aromatic carbocycles. The summed E-state index contributed by atoms with van der Waals surface area (Å²) in [5.41, 5.74) is 1.04. The highest BCUT2D eigenvalue weighted by atomic mass is 16.3. The molecule has 4 heteroatoms. The summed E-state index contributed by atoms with van der Waals surface area (Å²) in [6.45, 7) is 0.503. The normalized spacial score (nSPS) is 13.9.